The molecule has 0 aliphatic carbocycles. The fourth-order valence-corrected chi connectivity index (χ4v) is 2.70. The van der Waals surface area contributed by atoms with Gasteiger partial charge >= 0.3 is 0 Å². The number of nitrogens with one attached hydrogen (secondary N) is 2. The maximum atomic E-state index is 13.2. The molecule has 124 valence electrons. The molecular weight excluding hydrogens is 322 g/mol. The number of benzene rings is 2. The van der Waals surface area contributed by atoms with Gasteiger partial charge in [-0.3, -0.25) is 4.72 Å². The number of halogens is 2. The molecule has 2 aromatic carbocycles. The molecule has 1 unspecified atom stereocenters. The van der Waals surface area contributed by atoms with Crippen molar-refractivity contribution in [3.63, 3.8) is 0 Å². The normalized spacial score (nSPS) is 12.7. The van der Waals surface area contributed by atoms with E-state index in [4.69, 9.17) is 0 Å². The first-order valence-corrected chi connectivity index (χ1v) is 8.77. The summed E-state index contributed by atoms with van der Waals surface area (Å²) in [7, 11) is -3.31. The molecule has 23 heavy (non-hydrogen) atoms. The molecule has 0 fully saturated rings. The molecule has 0 aromatic heterocycles. The number of anilines is 2. The van der Waals surface area contributed by atoms with Gasteiger partial charge in [0.25, 0.3) is 0 Å². The lowest BCUT2D eigenvalue weighted by molar-refractivity contribution is 0.583. The van der Waals surface area contributed by atoms with Crippen LogP contribution >= 0.6 is 0 Å². The first-order chi connectivity index (χ1) is 10.8. The van der Waals surface area contributed by atoms with Crippen LogP contribution in [0.3, 0.4) is 0 Å². The zero-order valence-corrected chi connectivity index (χ0v) is 13.6. The Hall–Kier alpha value is -2.15. The first kappa shape index (κ1) is 17.2. The van der Waals surface area contributed by atoms with Gasteiger partial charge in [-0.05, 0) is 43.7 Å². The maximum absolute atomic E-state index is 13.2. The summed E-state index contributed by atoms with van der Waals surface area (Å²) < 4.78 is 51.8. The highest BCUT2D eigenvalue weighted by Gasteiger charge is 2.09. The topological polar surface area (TPSA) is 58.2 Å². The Morgan fingerprint density at radius 1 is 1.00 bits per heavy atom. The average molecular weight is 340 g/mol. The van der Waals surface area contributed by atoms with E-state index < -0.39 is 21.7 Å². The molecule has 0 spiro atoms. The van der Waals surface area contributed by atoms with Crippen LogP contribution in [-0.4, -0.2) is 14.2 Å². The highest BCUT2D eigenvalue weighted by molar-refractivity contribution is 7.92. The maximum Gasteiger partial charge on any atom is 0.232 e. The Kier molecular flexibility index (Phi) is 5.20. The molecule has 0 radical (unpaired) electrons. The van der Waals surface area contributed by atoms with Crippen LogP contribution in [0.4, 0.5) is 20.2 Å². The molecule has 0 aliphatic heterocycles. The zero-order valence-electron chi connectivity index (χ0n) is 12.8. The molecule has 2 aromatic rings. The summed E-state index contributed by atoms with van der Waals surface area (Å²) in [6.45, 7) is 3.40. The second-order valence-corrected chi connectivity index (χ2v) is 7.16. The van der Waals surface area contributed by atoms with E-state index in [-0.39, 0.29) is 11.8 Å². The Labute approximate surface area is 134 Å². The summed E-state index contributed by atoms with van der Waals surface area (Å²) >= 11 is 0. The van der Waals surface area contributed by atoms with E-state index in [1.54, 1.807) is 31.2 Å². The van der Waals surface area contributed by atoms with Crippen molar-refractivity contribution in [3.8, 4) is 0 Å². The van der Waals surface area contributed by atoms with Crippen molar-refractivity contribution in [3.05, 3.63) is 59.7 Å². The summed E-state index contributed by atoms with van der Waals surface area (Å²) in [5.41, 5.74) is 1.67. The summed E-state index contributed by atoms with van der Waals surface area (Å²) in [6, 6.07) is 9.83. The minimum Gasteiger partial charge on any atom is -0.378 e. The summed E-state index contributed by atoms with van der Waals surface area (Å²) in [5, 5.41) is 3.00. The predicted octanol–water partition coefficient (Wildman–Crippen LogP) is 3.90. The smallest absolute Gasteiger partial charge is 0.232 e. The molecule has 0 aliphatic rings. The number of rotatable bonds is 6. The molecule has 0 saturated carbocycles. The summed E-state index contributed by atoms with van der Waals surface area (Å²) in [6.07, 6.45) is 0. The van der Waals surface area contributed by atoms with Gasteiger partial charge in [-0.25, -0.2) is 17.2 Å². The fourth-order valence-electron chi connectivity index (χ4n) is 2.06. The van der Waals surface area contributed by atoms with Gasteiger partial charge in [0.15, 0.2) is 0 Å². The lowest BCUT2D eigenvalue weighted by atomic mass is 10.1. The number of hydrogen-bond donors (Lipinski definition) is 2. The molecule has 4 nitrogen and oxygen atoms in total. The van der Waals surface area contributed by atoms with Gasteiger partial charge in [0.1, 0.15) is 11.6 Å². The van der Waals surface area contributed by atoms with E-state index >= 15 is 0 Å². The van der Waals surface area contributed by atoms with Crippen LogP contribution in [-0.2, 0) is 10.0 Å². The highest BCUT2D eigenvalue weighted by Crippen LogP contribution is 2.22. The molecule has 2 rings (SSSR count). The van der Waals surface area contributed by atoms with Gasteiger partial charge < -0.3 is 5.32 Å². The number of sulfonamides is 1. The Balaban J connectivity index is 2.09. The van der Waals surface area contributed by atoms with Crippen LogP contribution in [0.5, 0.6) is 0 Å². The third kappa shape index (κ3) is 4.92. The molecular formula is C16H18F2N2O2S. The Morgan fingerprint density at radius 3 is 2.09 bits per heavy atom. The standard InChI is InChI=1S/C16H18F2N2O2S/c1-3-23(21,22)20-15-6-4-12(5-7-15)11(2)19-16-9-13(17)8-14(18)10-16/h4-11,19-20H,3H2,1-2H3. The van der Waals surface area contributed by atoms with E-state index in [1.807, 2.05) is 6.92 Å². The van der Waals surface area contributed by atoms with Gasteiger partial charge in [-0.2, -0.15) is 0 Å². The van der Waals surface area contributed by atoms with Crippen LogP contribution in [0.1, 0.15) is 25.5 Å². The Morgan fingerprint density at radius 2 is 1.57 bits per heavy atom. The fraction of sp³-hybridized carbons (Fsp3) is 0.250. The minimum atomic E-state index is -3.31. The van der Waals surface area contributed by atoms with Gasteiger partial charge in [0.05, 0.1) is 5.75 Å². The van der Waals surface area contributed by atoms with E-state index in [0.29, 0.717) is 11.4 Å². The monoisotopic (exact) mass is 340 g/mol. The lowest BCUT2D eigenvalue weighted by Crippen LogP contribution is -2.14. The minimum absolute atomic E-state index is 0.00214. The second-order valence-electron chi connectivity index (χ2n) is 5.15. The van der Waals surface area contributed by atoms with Gasteiger partial charge in [0, 0.05) is 23.5 Å². The third-order valence-corrected chi connectivity index (χ3v) is 4.62. The van der Waals surface area contributed by atoms with Crippen molar-refractivity contribution in [1.82, 2.24) is 0 Å². The van der Waals surface area contributed by atoms with Crippen LogP contribution in [0, 0.1) is 11.6 Å². The Bertz CT molecular complexity index is 757. The number of hydrogen-bond acceptors (Lipinski definition) is 3. The van der Waals surface area contributed by atoms with Crippen LogP contribution in [0.25, 0.3) is 0 Å². The summed E-state index contributed by atoms with van der Waals surface area (Å²) in [4.78, 5) is 0. The first-order valence-electron chi connectivity index (χ1n) is 7.12. The van der Waals surface area contributed by atoms with Crippen molar-refractivity contribution >= 4 is 21.4 Å². The largest absolute Gasteiger partial charge is 0.378 e. The molecule has 7 heteroatoms. The quantitative estimate of drug-likeness (QED) is 0.838. The van der Waals surface area contributed by atoms with E-state index in [0.717, 1.165) is 11.6 Å². The summed E-state index contributed by atoms with van der Waals surface area (Å²) in [5.74, 6) is -1.30. The molecule has 0 saturated heterocycles. The van der Waals surface area contributed by atoms with Crippen molar-refractivity contribution < 1.29 is 17.2 Å². The van der Waals surface area contributed by atoms with Gasteiger partial charge in [0.2, 0.25) is 10.0 Å². The van der Waals surface area contributed by atoms with E-state index in [1.165, 1.54) is 12.1 Å². The molecule has 2 N–H and O–H groups in total. The van der Waals surface area contributed by atoms with Crippen molar-refractivity contribution in [1.29, 1.82) is 0 Å². The van der Waals surface area contributed by atoms with Crippen LogP contribution in [0.2, 0.25) is 0 Å². The second kappa shape index (κ2) is 6.95. The lowest BCUT2D eigenvalue weighted by Gasteiger charge is -2.16. The molecule has 1 atom stereocenters. The average Bonchev–Trinajstić information content (AvgIpc) is 2.46. The van der Waals surface area contributed by atoms with Gasteiger partial charge in [-0.15, -0.1) is 0 Å². The van der Waals surface area contributed by atoms with Crippen LogP contribution < -0.4 is 10.0 Å². The third-order valence-electron chi connectivity index (χ3n) is 3.31. The van der Waals surface area contributed by atoms with E-state index in [9.17, 15) is 17.2 Å². The van der Waals surface area contributed by atoms with E-state index in [2.05, 4.69) is 10.0 Å². The SMILES string of the molecule is CCS(=O)(=O)Nc1ccc(C(C)Nc2cc(F)cc(F)c2)cc1. The van der Waals surface area contributed by atoms with Crippen molar-refractivity contribution in [2.24, 2.45) is 0 Å². The van der Waals surface area contributed by atoms with Gasteiger partial charge in [-0.1, -0.05) is 12.1 Å². The van der Waals surface area contributed by atoms with Crippen LogP contribution in [0.15, 0.2) is 42.5 Å². The molecule has 0 bridgehead atoms. The predicted molar refractivity (Wildman–Crippen MR) is 87.9 cm³/mol. The highest BCUT2D eigenvalue weighted by atomic mass is 32.2. The molecule has 0 amide bonds. The zero-order chi connectivity index (χ0) is 17.0. The van der Waals surface area contributed by atoms with Crippen molar-refractivity contribution in [2.75, 3.05) is 15.8 Å². The van der Waals surface area contributed by atoms with Crippen molar-refractivity contribution in [2.45, 2.75) is 19.9 Å². The molecule has 0 heterocycles.